The van der Waals surface area contributed by atoms with Crippen molar-refractivity contribution in [2.45, 2.75) is 147 Å². The van der Waals surface area contributed by atoms with Crippen LogP contribution in [0.25, 0.3) is 44.2 Å². The van der Waals surface area contributed by atoms with Gasteiger partial charge in [0.05, 0.1) is 54.3 Å². The average molecular weight is 915 g/mol. The molecule has 10 rings (SSSR count). The van der Waals surface area contributed by atoms with Crippen molar-refractivity contribution in [3.63, 3.8) is 0 Å². The molecule has 4 amide bonds. The lowest BCUT2D eigenvalue weighted by Gasteiger charge is -2.39. The maximum atomic E-state index is 14.6. The van der Waals surface area contributed by atoms with Crippen LogP contribution >= 0.6 is 0 Å². The van der Waals surface area contributed by atoms with Gasteiger partial charge in [0.15, 0.2) is 0 Å². The first-order valence-corrected chi connectivity index (χ1v) is 24.2. The highest BCUT2D eigenvalue weighted by Gasteiger charge is 2.50. The van der Waals surface area contributed by atoms with Crippen LogP contribution in [0.4, 0.5) is 9.59 Å². The van der Waals surface area contributed by atoms with Crippen LogP contribution in [0.1, 0.15) is 122 Å². The first kappa shape index (κ1) is 44.7. The van der Waals surface area contributed by atoms with Crippen molar-refractivity contribution < 1.29 is 38.5 Å². The first-order valence-electron chi connectivity index (χ1n) is 24.2. The molecule has 2 aromatic heterocycles. The Labute approximate surface area is 389 Å². The predicted molar refractivity (Wildman–Crippen MR) is 251 cm³/mol. The van der Waals surface area contributed by atoms with Gasteiger partial charge in [-0.25, -0.2) is 19.6 Å². The topological polar surface area (TPSA) is 204 Å². The molecule has 5 aromatic rings. The number of fused-ring (bicyclic) bond motifs is 7. The molecule has 5 aliphatic rings. The number of benzene rings is 3. The van der Waals surface area contributed by atoms with Gasteiger partial charge in [-0.2, -0.15) is 0 Å². The predicted octanol–water partition coefficient (Wildman–Crippen LogP) is 8.77. The summed E-state index contributed by atoms with van der Waals surface area (Å²) in [5.41, 5.74) is 6.58. The summed E-state index contributed by atoms with van der Waals surface area (Å²) in [5.74, 6) is 2.00. The Morgan fingerprint density at radius 3 is 2.46 bits per heavy atom. The Bertz CT molecular complexity index is 2720. The van der Waals surface area contributed by atoms with Crippen LogP contribution < -0.4 is 15.4 Å². The fourth-order valence-electron chi connectivity index (χ4n) is 12.2. The Morgan fingerprint density at radius 1 is 0.896 bits per heavy atom. The van der Waals surface area contributed by atoms with E-state index in [0.717, 1.165) is 99.9 Å². The number of carbonyl (C=O) groups excluding carboxylic acids is 3. The number of ether oxygens (including phenoxy) is 3. The standard InChI is InChI=1S/C51H62N8O8/c1-7-25(2)43(56-50(62)63)48(60)59-39-10-8-9-31(39)21-41(59)46-52-23-38(54-46)30-12-14-34-33(19-30)24-66-42-22-35-29(20-36(34)42)13-15-37-45(35)55-47(53-37)40-16-11-26(3)58(40)49(61)44(57-51(64)65-6)32-17-27(4)67-28(5)18-32/h12-15,19-20,22-23,25-28,31-32,39-41,43-44,56H,7-11,16-18,21,24H2,1-6H3,(H,52,54)(H,53,55)(H,57,64)(H,62,63)/t25-,26-,27+,28+,31-,39-,40-,41-,43-,44-/m0/s1. The molecule has 4 fully saturated rings. The summed E-state index contributed by atoms with van der Waals surface area (Å²) in [5, 5.41) is 17.1. The number of H-pyrrole nitrogens is 2. The number of amides is 4. The number of rotatable bonds is 10. The van der Waals surface area contributed by atoms with E-state index in [9.17, 15) is 24.3 Å². The average Bonchev–Trinajstić information content (AvgIpc) is 4.17. The van der Waals surface area contributed by atoms with E-state index in [0.29, 0.717) is 37.6 Å². The molecule has 0 bridgehead atoms. The summed E-state index contributed by atoms with van der Waals surface area (Å²) in [4.78, 5) is 74.2. The van der Waals surface area contributed by atoms with E-state index in [-0.39, 0.29) is 60.0 Å². The highest BCUT2D eigenvalue weighted by molar-refractivity contribution is 6.07. The van der Waals surface area contributed by atoms with Gasteiger partial charge in [-0.3, -0.25) is 9.59 Å². The molecule has 1 saturated carbocycles. The molecule has 6 heterocycles. The van der Waals surface area contributed by atoms with Crippen molar-refractivity contribution in [2.24, 2.45) is 17.8 Å². The lowest BCUT2D eigenvalue weighted by atomic mass is 9.85. The van der Waals surface area contributed by atoms with Crippen molar-refractivity contribution in [3.05, 3.63) is 65.9 Å². The lowest BCUT2D eigenvalue weighted by molar-refractivity contribution is -0.140. The monoisotopic (exact) mass is 914 g/mol. The maximum Gasteiger partial charge on any atom is 0.407 e. The summed E-state index contributed by atoms with van der Waals surface area (Å²) in [6.07, 6.45) is 7.26. The van der Waals surface area contributed by atoms with Crippen LogP contribution in [0.3, 0.4) is 0 Å². The highest BCUT2D eigenvalue weighted by Crippen LogP contribution is 2.48. The SMILES string of the molecule is CC[C@H](C)[C@H](NC(=O)O)C(=O)N1[C@H](c2ncc(-c3ccc4c(c3)COc3cc5c(ccc6nc([C@@H]7CC[C@H](C)N7C(=O)[C@@H](NC(=O)OC)C7C[C@@H](C)O[C@H](C)C7)[nH]c65)cc3-4)[nH]2)C[C@@H]2CCC[C@@H]21. The van der Waals surface area contributed by atoms with Crippen LogP contribution in [-0.4, -0.2) is 102 Å². The smallest absolute Gasteiger partial charge is 0.407 e. The van der Waals surface area contributed by atoms with Crippen LogP contribution in [-0.2, 0) is 25.7 Å². The minimum absolute atomic E-state index is 0.0364. The molecule has 354 valence electrons. The minimum atomic E-state index is -1.19. The van der Waals surface area contributed by atoms with Gasteiger partial charge in [0.2, 0.25) is 11.8 Å². The number of hydrogen-bond acceptors (Lipinski definition) is 9. The van der Waals surface area contributed by atoms with Crippen LogP contribution in [0.5, 0.6) is 5.75 Å². The van der Waals surface area contributed by atoms with E-state index in [2.05, 4.69) is 63.9 Å². The number of carboxylic acid groups (broad SMARTS) is 1. The van der Waals surface area contributed by atoms with E-state index in [4.69, 9.17) is 24.2 Å². The molecule has 1 aliphatic carbocycles. The largest absolute Gasteiger partial charge is 0.488 e. The zero-order valence-corrected chi connectivity index (χ0v) is 39.1. The number of methoxy groups -OCH3 is 1. The molecule has 4 aliphatic heterocycles. The first-order chi connectivity index (χ1) is 32.3. The molecule has 16 nitrogen and oxygen atoms in total. The van der Waals surface area contributed by atoms with E-state index in [1.165, 1.54) is 7.11 Å². The number of nitrogens with one attached hydrogen (secondary N) is 4. The second kappa shape index (κ2) is 17.8. The normalized spacial score (nSPS) is 26.9. The zero-order chi connectivity index (χ0) is 46.8. The number of alkyl carbamates (subject to hydrolysis) is 1. The fraction of sp³-hybridized carbons (Fsp3) is 0.529. The van der Waals surface area contributed by atoms with Crippen molar-refractivity contribution in [1.29, 1.82) is 0 Å². The molecule has 10 atom stereocenters. The number of aromatic nitrogens is 4. The van der Waals surface area contributed by atoms with E-state index >= 15 is 0 Å². The van der Waals surface area contributed by atoms with Crippen molar-refractivity contribution in [1.82, 2.24) is 40.4 Å². The molecule has 5 N–H and O–H groups in total. The van der Waals surface area contributed by atoms with Crippen molar-refractivity contribution in [2.75, 3.05) is 7.11 Å². The number of carbonyl (C=O) groups is 4. The van der Waals surface area contributed by atoms with Crippen molar-refractivity contribution >= 4 is 45.8 Å². The maximum absolute atomic E-state index is 14.6. The zero-order valence-electron chi connectivity index (χ0n) is 39.1. The third kappa shape index (κ3) is 8.14. The van der Waals surface area contributed by atoms with Crippen LogP contribution in [0, 0.1) is 17.8 Å². The Kier molecular flexibility index (Phi) is 11.9. The molecule has 0 radical (unpaired) electrons. The van der Waals surface area contributed by atoms with Gasteiger partial charge in [-0.05, 0) is 130 Å². The Hall–Kier alpha value is -6.16. The summed E-state index contributed by atoms with van der Waals surface area (Å²) in [7, 11) is 1.32. The number of hydrogen-bond donors (Lipinski definition) is 5. The van der Waals surface area contributed by atoms with E-state index in [1.54, 1.807) is 0 Å². The molecule has 16 heteroatoms. The van der Waals surface area contributed by atoms with Gasteiger partial charge in [0.1, 0.15) is 36.1 Å². The van der Waals surface area contributed by atoms with Gasteiger partial charge in [-0.1, -0.05) is 44.9 Å². The number of aromatic amines is 2. The van der Waals surface area contributed by atoms with Crippen LogP contribution in [0.15, 0.2) is 48.7 Å². The Balaban J connectivity index is 0.908. The van der Waals surface area contributed by atoms with Gasteiger partial charge < -0.3 is 49.7 Å². The third-order valence-electron chi connectivity index (χ3n) is 15.6. The molecule has 67 heavy (non-hydrogen) atoms. The number of nitrogens with zero attached hydrogens (tertiary/aromatic N) is 4. The molecular formula is C51H62N8O8. The minimum Gasteiger partial charge on any atom is -0.488 e. The molecular weight excluding hydrogens is 853 g/mol. The Morgan fingerprint density at radius 2 is 1.70 bits per heavy atom. The molecule has 0 unspecified atom stereocenters. The van der Waals surface area contributed by atoms with E-state index < -0.39 is 24.3 Å². The molecule has 3 saturated heterocycles. The third-order valence-corrected chi connectivity index (χ3v) is 15.6. The second-order valence-electron chi connectivity index (χ2n) is 19.9. The second-order valence-corrected chi connectivity index (χ2v) is 19.9. The molecule has 0 spiro atoms. The summed E-state index contributed by atoms with van der Waals surface area (Å²) >= 11 is 0. The number of imidazole rings is 2. The van der Waals surface area contributed by atoms with Gasteiger partial charge >= 0.3 is 12.2 Å². The molecule has 3 aromatic carbocycles. The van der Waals surface area contributed by atoms with Crippen LogP contribution in [0.2, 0.25) is 0 Å². The lowest BCUT2D eigenvalue weighted by Crippen LogP contribution is -2.55. The fourth-order valence-corrected chi connectivity index (χ4v) is 12.2. The quantitative estimate of drug-likeness (QED) is 0.0901. The van der Waals surface area contributed by atoms with Gasteiger partial charge in [0, 0.05) is 23.0 Å². The summed E-state index contributed by atoms with van der Waals surface area (Å²) < 4.78 is 17.5. The summed E-state index contributed by atoms with van der Waals surface area (Å²) in [6, 6.07) is 12.6. The van der Waals surface area contributed by atoms with Gasteiger partial charge in [0.25, 0.3) is 0 Å². The van der Waals surface area contributed by atoms with Gasteiger partial charge in [-0.15, -0.1) is 0 Å². The highest BCUT2D eigenvalue weighted by atomic mass is 16.5. The number of likely N-dealkylation sites (tertiary alicyclic amines) is 2. The van der Waals surface area contributed by atoms with E-state index in [1.807, 2.05) is 49.8 Å². The summed E-state index contributed by atoms with van der Waals surface area (Å²) in [6.45, 7) is 10.3. The van der Waals surface area contributed by atoms with Crippen molar-refractivity contribution in [3.8, 4) is 28.1 Å².